The van der Waals surface area contributed by atoms with E-state index in [9.17, 15) is 0 Å². The Balaban J connectivity index is 2.38. The van der Waals surface area contributed by atoms with Gasteiger partial charge < -0.3 is 5.73 Å². The smallest absolute Gasteiger partial charge is 0.0202 e. The zero-order valence-corrected chi connectivity index (χ0v) is 10.4. The minimum absolute atomic E-state index is 0.626. The second kappa shape index (κ2) is 5.66. The number of likely N-dealkylation sites (tertiary alicyclic amines) is 1. The Bertz CT molecular complexity index is 197. The van der Waals surface area contributed by atoms with E-state index in [-0.39, 0.29) is 0 Å². The third-order valence-electron chi connectivity index (χ3n) is 4.15. The minimum Gasteiger partial charge on any atom is -0.327 e. The zero-order chi connectivity index (χ0) is 11.3. The van der Waals surface area contributed by atoms with E-state index in [1.807, 2.05) is 0 Å². The molecule has 0 aromatic carbocycles. The molecular weight excluding hydrogens is 184 g/mol. The van der Waals surface area contributed by atoms with E-state index in [2.05, 4.69) is 25.3 Å². The predicted molar refractivity (Wildman–Crippen MR) is 66.9 cm³/mol. The molecule has 0 saturated carbocycles. The second-order valence-electron chi connectivity index (χ2n) is 4.94. The van der Waals surface area contributed by atoms with Crippen LogP contribution in [0.15, 0.2) is 12.2 Å². The van der Waals surface area contributed by atoms with Crippen molar-refractivity contribution in [1.29, 1.82) is 0 Å². The molecule has 1 fully saturated rings. The number of nitrogens with two attached hydrogens (primary N) is 1. The van der Waals surface area contributed by atoms with E-state index in [4.69, 9.17) is 5.73 Å². The van der Waals surface area contributed by atoms with Gasteiger partial charge in [0.15, 0.2) is 0 Å². The van der Waals surface area contributed by atoms with Gasteiger partial charge in [-0.25, -0.2) is 0 Å². The van der Waals surface area contributed by atoms with Crippen LogP contribution in [0.1, 0.15) is 39.5 Å². The van der Waals surface area contributed by atoms with Gasteiger partial charge in [-0.2, -0.15) is 0 Å². The van der Waals surface area contributed by atoms with Crippen LogP contribution in [0, 0.1) is 5.41 Å². The molecule has 1 rings (SSSR count). The van der Waals surface area contributed by atoms with Gasteiger partial charge in [-0.1, -0.05) is 33.3 Å². The lowest BCUT2D eigenvalue weighted by molar-refractivity contribution is 0.102. The van der Waals surface area contributed by atoms with Crippen LogP contribution >= 0.6 is 0 Å². The zero-order valence-electron chi connectivity index (χ0n) is 10.4. The molecule has 0 bridgehead atoms. The fourth-order valence-corrected chi connectivity index (χ4v) is 2.52. The van der Waals surface area contributed by atoms with Gasteiger partial charge in [0.25, 0.3) is 0 Å². The van der Waals surface area contributed by atoms with Crippen molar-refractivity contribution in [2.24, 2.45) is 11.1 Å². The normalized spacial score (nSPS) is 21.5. The van der Waals surface area contributed by atoms with E-state index >= 15 is 0 Å². The molecule has 0 unspecified atom stereocenters. The summed E-state index contributed by atoms with van der Waals surface area (Å²) < 4.78 is 0. The maximum atomic E-state index is 5.57. The van der Waals surface area contributed by atoms with Crippen molar-refractivity contribution < 1.29 is 0 Å². The van der Waals surface area contributed by atoms with Crippen LogP contribution in [0.2, 0.25) is 0 Å². The Labute approximate surface area is 94.5 Å². The lowest BCUT2D eigenvalue weighted by Gasteiger charge is -2.41. The Morgan fingerprint density at radius 2 is 1.80 bits per heavy atom. The summed E-state index contributed by atoms with van der Waals surface area (Å²) in [4.78, 5) is 2.50. The number of rotatable bonds is 5. The predicted octanol–water partition coefficient (Wildman–Crippen LogP) is 2.40. The van der Waals surface area contributed by atoms with E-state index < -0.39 is 0 Å². The van der Waals surface area contributed by atoms with Crippen LogP contribution in [0.5, 0.6) is 0 Å². The van der Waals surface area contributed by atoms with Crippen LogP contribution in [-0.4, -0.2) is 31.1 Å². The summed E-state index contributed by atoms with van der Waals surface area (Å²) in [7, 11) is 0. The summed E-state index contributed by atoms with van der Waals surface area (Å²) in [5.74, 6) is 0. The van der Waals surface area contributed by atoms with Gasteiger partial charge in [0.1, 0.15) is 0 Å². The minimum atomic E-state index is 0.626. The number of nitrogens with zero attached hydrogens (tertiary/aromatic N) is 1. The molecule has 0 radical (unpaired) electrons. The van der Waals surface area contributed by atoms with Crippen LogP contribution in [0.25, 0.3) is 0 Å². The molecular formula is C13H26N2. The molecule has 1 heterocycles. The largest absolute Gasteiger partial charge is 0.327 e. The number of hydrogen-bond acceptors (Lipinski definition) is 2. The van der Waals surface area contributed by atoms with Crippen LogP contribution in [-0.2, 0) is 0 Å². The van der Waals surface area contributed by atoms with Crippen LogP contribution in [0.4, 0.5) is 0 Å². The Hall–Kier alpha value is -0.340. The molecule has 0 atom stereocenters. The van der Waals surface area contributed by atoms with E-state index in [0.29, 0.717) is 12.0 Å². The van der Waals surface area contributed by atoms with Gasteiger partial charge in [-0.15, -0.1) is 0 Å². The summed E-state index contributed by atoms with van der Waals surface area (Å²) in [6.07, 6.45) is 5.35. The highest BCUT2D eigenvalue weighted by molar-refractivity contribution is 4.99. The molecule has 0 aromatic rings. The highest BCUT2D eigenvalue weighted by Crippen LogP contribution is 2.37. The summed E-state index contributed by atoms with van der Waals surface area (Å²) in [6.45, 7) is 12.7. The fourth-order valence-electron chi connectivity index (χ4n) is 2.52. The summed E-state index contributed by atoms with van der Waals surface area (Å²) in [5, 5.41) is 0. The summed E-state index contributed by atoms with van der Waals surface area (Å²) in [5.41, 5.74) is 7.36. The van der Waals surface area contributed by atoms with Crippen LogP contribution in [0.3, 0.4) is 0 Å². The first-order valence-corrected chi connectivity index (χ1v) is 6.25. The average Bonchev–Trinajstić information content (AvgIpc) is 2.30. The molecule has 2 nitrogen and oxygen atoms in total. The maximum absolute atomic E-state index is 5.57. The molecule has 0 spiro atoms. The van der Waals surface area contributed by atoms with Crippen molar-refractivity contribution in [2.45, 2.75) is 39.5 Å². The highest BCUT2D eigenvalue weighted by Gasteiger charge is 2.30. The second-order valence-corrected chi connectivity index (χ2v) is 4.94. The maximum Gasteiger partial charge on any atom is 0.0202 e. The molecule has 88 valence electrons. The molecule has 2 heteroatoms. The summed E-state index contributed by atoms with van der Waals surface area (Å²) in [6, 6.07) is 0. The van der Waals surface area contributed by atoms with Gasteiger partial charge in [0.05, 0.1) is 0 Å². The Kier molecular flexibility index (Phi) is 4.81. The van der Waals surface area contributed by atoms with Gasteiger partial charge in [0.2, 0.25) is 0 Å². The third kappa shape index (κ3) is 3.32. The van der Waals surface area contributed by atoms with E-state index in [0.717, 1.165) is 12.1 Å². The quantitative estimate of drug-likeness (QED) is 0.706. The standard InChI is InChI=1S/C13H26N2/c1-4-13(5-2)6-8-15(9-7-13)11-12(3)10-14/h3-11,14H2,1-2H3. The van der Waals surface area contributed by atoms with Crippen molar-refractivity contribution in [3.8, 4) is 0 Å². The van der Waals surface area contributed by atoms with Crippen molar-refractivity contribution in [3.05, 3.63) is 12.2 Å². The first-order chi connectivity index (χ1) is 7.15. The van der Waals surface area contributed by atoms with Crippen molar-refractivity contribution >= 4 is 0 Å². The Morgan fingerprint density at radius 3 is 2.20 bits per heavy atom. The molecule has 1 aliphatic rings. The molecule has 1 saturated heterocycles. The topological polar surface area (TPSA) is 29.3 Å². The molecule has 15 heavy (non-hydrogen) atoms. The fraction of sp³-hybridized carbons (Fsp3) is 0.846. The molecule has 0 amide bonds. The first kappa shape index (κ1) is 12.7. The van der Waals surface area contributed by atoms with E-state index in [1.165, 1.54) is 38.8 Å². The van der Waals surface area contributed by atoms with Crippen LogP contribution < -0.4 is 5.73 Å². The van der Waals surface area contributed by atoms with Gasteiger partial charge in [-0.05, 0) is 36.9 Å². The SMILES string of the molecule is C=C(CN)CN1CCC(CC)(CC)CC1. The summed E-state index contributed by atoms with van der Waals surface area (Å²) >= 11 is 0. The molecule has 1 aliphatic heterocycles. The molecule has 0 aromatic heterocycles. The van der Waals surface area contributed by atoms with Gasteiger partial charge in [-0.3, -0.25) is 4.90 Å². The molecule has 0 aliphatic carbocycles. The lowest BCUT2D eigenvalue weighted by atomic mass is 9.74. The number of hydrogen-bond donors (Lipinski definition) is 1. The molecule has 2 N–H and O–H groups in total. The van der Waals surface area contributed by atoms with Crippen molar-refractivity contribution in [1.82, 2.24) is 4.90 Å². The first-order valence-electron chi connectivity index (χ1n) is 6.25. The number of piperidine rings is 1. The van der Waals surface area contributed by atoms with Gasteiger partial charge >= 0.3 is 0 Å². The van der Waals surface area contributed by atoms with E-state index in [1.54, 1.807) is 0 Å². The van der Waals surface area contributed by atoms with Gasteiger partial charge in [0, 0.05) is 13.1 Å². The highest BCUT2D eigenvalue weighted by atomic mass is 15.1. The average molecular weight is 210 g/mol. The third-order valence-corrected chi connectivity index (χ3v) is 4.15. The van der Waals surface area contributed by atoms with Crippen molar-refractivity contribution in [2.75, 3.05) is 26.2 Å². The monoisotopic (exact) mass is 210 g/mol. The Morgan fingerprint density at radius 1 is 1.27 bits per heavy atom. The lowest BCUT2D eigenvalue weighted by Crippen LogP contribution is -2.40. The van der Waals surface area contributed by atoms with Crippen molar-refractivity contribution in [3.63, 3.8) is 0 Å².